The maximum Gasteiger partial charge on any atom is 0.182 e. The first-order valence-corrected chi connectivity index (χ1v) is 9.91. The van der Waals surface area contributed by atoms with Gasteiger partial charge in [-0.15, -0.1) is 0 Å². The van der Waals surface area contributed by atoms with Gasteiger partial charge in [0.1, 0.15) is 15.9 Å². The molecule has 0 bridgehead atoms. The van der Waals surface area contributed by atoms with E-state index < -0.39 is 7.41 Å². The van der Waals surface area contributed by atoms with Gasteiger partial charge in [0.05, 0.1) is 5.69 Å². The minimum absolute atomic E-state index is 1.19. The number of anilines is 1. The predicted molar refractivity (Wildman–Crippen MR) is 108 cm³/mol. The number of nitrogens with one attached hydrogen (secondary N) is 1. The SMILES string of the molecule is CNc1ccccc1[P+](c1ccccc1)(c1ccccc1)N(C)C. The van der Waals surface area contributed by atoms with E-state index in [0.717, 1.165) is 0 Å². The molecule has 0 saturated carbocycles. The van der Waals surface area contributed by atoms with E-state index in [0.29, 0.717) is 0 Å². The molecule has 24 heavy (non-hydrogen) atoms. The Morgan fingerprint density at radius 1 is 0.667 bits per heavy atom. The fourth-order valence-electron chi connectivity index (χ4n) is 3.36. The first-order chi connectivity index (χ1) is 11.7. The summed E-state index contributed by atoms with van der Waals surface area (Å²) in [5, 5.41) is 7.48. The molecule has 0 heterocycles. The molecule has 0 aliphatic heterocycles. The summed E-state index contributed by atoms with van der Waals surface area (Å²) in [6.45, 7) is 0. The van der Waals surface area contributed by atoms with Crippen molar-refractivity contribution in [2.24, 2.45) is 0 Å². The quantitative estimate of drug-likeness (QED) is 0.718. The summed E-state index contributed by atoms with van der Waals surface area (Å²) in [6.07, 6.45) is 0. The zero-order valence-corrected chi connectivity index (χ0v) is 15.4. The summed E-state index contributed by atoms with van der Waals surface area (Å²) in [5.74, 6) is 0. The zero-order chi connectivity index (χ0) is 17.0. The van der Waals surface area contributed by atoms with Crippen molar-refractivity contribution >= 4 is 29.0 Å². The van der Waals surface area contributed by atoms with Crippen LogP contribution < -0.4 is 21.2 Å². The van der Waals surface area contributed by atoms with Crippen LogP contribution in [0.5, 0.6) is 0 Å². The highest BCUT2D eigenvalue weighted by Gasteiger charge is 2.49. The first kappa shape index (κ1) is 16.7. The van der Waals surface area contributed by atoms with Gasteiger partial charge in [0, 0.05) is 21.1 Å². The fraction of sp³-hybridized carbons (Fsp3) is 0.143. The molecule has 3 rings (SSSR count). The molecule has 0 saturated heterocycles. The molecule has 0 unspecified atom stereocenters. The zero-order valence-electron chi connectivity index (χ0n) is 14.5. The maximum absolute atomic E-state index is 3.40. The Hall–Kier alpha value is -2.15. The van der Waals surface area contributed by atoms with E-state index in [9.17, 15) is 0 Å². The van der Waals surface area contributed by atoms with Gasteiger partial charge in [-0.05, 0) is 36.4 Å². The van der Waals surface area contributed by atoms with Gasteiger partial charge in [-0.1, -0.05) is 48.5 Å². The second-order valence-electron chi connectivity index (χ2n) is 5.92. The highest BCUT2D eigenvalue weighted by Crippen LogP contribution is 2.58. The van der Waals surface area contributed by atoms with E-state index in [1.165, 1.54) is 21.6 Å². The van der Waals surface area contributed by atoms with Gasteiger partial charge < -0.3 is 5.32 Å². The number of benzene rings is 3. The second kappa shape index (κ2) is 7.17. The molecule has 3 heteroatoms. The van der Waals surface area contributed by atoms with Gasteiger partial charge in [0.25, 0.3) is 0 Å². The molecule has 0 spiro atoms. The van der Waals surface area contributed by atoms with E-state index >= 15 is 0 Å². The van der Waals surface area contributed by atoms with E-state index in [4.69, 9.17) is 0 Å². The van der Waals surface area contributed by atoms with Crippen molar-refractivity contribution in [3.05, 3.63) is 84.9 Å². The molecule has 1 N–H and O–H groups in total. The van der Waals surface area contributed by atoms with Crippen LogP contribution in [0.2, 0.25) is 0 Å². The molecule has 0 fully saturated rings. The molecular weight excluding hydrogens is 311 g/mol. The highest BCUT2D eigenvalue weighted by molar-refractivity contribution is 7.94. The maximum atomic E-state index is 3.40. The van der Waals surface area contributed by atoms with Crippen LogP contribution in [0.25, 0.3) is 0 Å². The number of hydrogen-bond acceptors (Lipinski definition) is 2. The van der Waals surface area contributed by atoms with E-state index in [1.807, 2.05) is 7.05 Å². The minimum Gasteiger partial charge on any atom is -0.385 e. The van der Waals surface area contributed by atoms with E-state index in [-0.39, 0.29) is 0 Å². The van der Waals surface area contributed by atoms with Crippen molar-refractivity contribution in [3.8, 4) is 0 Å². The predicted octanol–water partition coefficient (Wildman–Crippen LogP) is 3.50. The third kappa shape index (κ3) is 2.73. The molecule has 3 aromatic rings. The molecule has 122 valence electrons. The summed E-state index contributed by atoms with van der Waals surface area (Å²) in [4.78, 5) is 0. The average molecular weight is 335 g/mol. The molecule has 0 aliphatic rings. The van der Waals surface area contributed by atoms with E-state index in [1.54, 1.807) is 0 Å². The molecule has 0 atom stereocenters. The van der Waals surface area contributed by atoms with Crippen molar-refractivity contribution < 1.29 is 0 Å². The van der Waals surface area contributed by atoms with Crippen LogP contribution in [0.15, 0.2) is 84.9 Å². The third-order valence-corrected chi connectivity index (χ3v) is 8.76. The number of rotatable bonds is 5. The summed E-state index contributed by atoms with van der Waals surface area (Å²) in [5.41, 5.74) is 1.19. The summed E-state index contributed by atoms with van der Waals surface area (Å²) in [6, 6.07) is 30.4. The molecule has 0 aromatic heterocycles. The number of para-hydroxylation sites is 1. The van der Waals surface area contributed by atoms with Gasteiger partial charge in [0.15, 0.2) is 7.41 Å². The van der Waals surface area contributed by atoms with Crippen molar-refractivity contribution in [1.29, 1.82) is 0 Å². The fourth-order valence-corrected chi connectivity index (χ4v) is 7.61. The van der Waals surface area contributed by atoms with Crippen molar-refractivity contribution in [3.63, 3.8) is 0 Å². The summed E-state index contributed by atoms with van der Waals surface area (Å²) < 4.78 is 2.41. The molecular formula is C21H24N2P+. The first-order valence-electron chi connectivity index (χ1n) is 8.16. The van der Waals surface area contributed by atoms with Gasteiger partial charge in [-0.25, -0.2) is 0 Å². The topological polar surface area (TPSA) is 15.3 Å². The lowest BCUT2D eigenvalue weighted by Gasteiger charge is -2.33. The van der Waals surface area contributed by atoms with Gasteiger partial charge in [-0.3, -0.25) is 0 Å². The lowest BCUT2D eigenvalue weighted by molar-refractivity contribution is 0.681. The van der Waals surface area contributed by atoms with Crippen LogP contribution in [0.1, 0.15) is 0 Å². The van der Waals surface area contributed by atoms with Crippen molar-refractivity contribution in [2.75, 3.05) is 26.5 Å². The van der Waals surface area contributed by atoms with Crippen molar-refractivity contribution in [1.82, 2.24) is 4.67 Å². The largest absolute Gasteiger partial charge is 0.385 e. The van der Waals surface area contributed by atoms with Gasteiger partial charge in [-0.2, -0.15) is 4.67 Å². The Labute approximate surface area is 145 Å². The molecule has 0 amide bonds. The molecule has 3 aromatic carbocycles. The van der Waals surface area contributed by atoms with Crippen LogP contribution in [0.3, 0.4) is 0 Å². The summed E-state index contributed by atoms with van der Waals surface area (Å²) >= 11 is 0. The molecule has 0 aliphatic carbocycles. The average Bonchev–Trinajstić information content (AvgIpc) is 2.64. The Morgan fingerprint density at radius 3 is 1.58 bits per heavy atom. The smallest absolute Gasteiger partial charge is 0.182 e. The van der Waals surface area contributed by atoms with Crippen LogP contribution in [0, 0.1) is 0 Å². The van der Waals surface area contributed by atoms with Crippen molar-refractivity contribution in [2.45, 2.75) is 0 Å². The molecule has 0 radical (unpaired) electrons. The second-order valence-corrected chi connectivity index (χ2v) is 9.51. The van der Waals surface area contributed by atoms with E-state index in [2.05, 4.69) is 109 Å². The van der Waals surface area contributed by atoms with Crippen LogP contribution >= 0.6 is 7.41 Å². The van der Waals surface area contributed by atoms with Gasteiger partial charge >= 0.3 is 0 Å². The Morgan fingerprint density at radius 2 is 1.12 bits per heavy atom. The Kier molecular flexibility index (Phi) is 4.99. The standard InChI is InChI=1S/C21H24N2P/c1-22-20-16-10-11-17-21(20)24(23(2)3,18-12-6-4-7-13-18)19-14-8-5-9-15-19/h4-17,22H,1-3H3/q+1. The Bertz CT molecular complexity index is 746. The lowest BCUT2D eigenvalue weighted by Crippen LogP contribution is -2.40. The minimum atomic E-state index is -1.91. The number of hydrogen-bond donors (Lipinski definition) is 1. The third-order valence-electron chi connectivity index (χ3n) is 4.38. The number of nitrogens with zero attached hydrogens (tertiary/aromatic N) is 1. The normalized spacial score (nSPS) is 11.5. The summed E-state index contributed by atoms with van der Waals surface area (Å²) in [7, 11) is 4.48. The monoisotopic (exact) mass is 335 g/mol. The van der Waals surface area contributed by atoms with Crippen LogP contribution in [-0.2, 0) is 0 Å². The highest BCUT2D eigenvalue weighted by atomic mass is 31.2. The Balaban J connectivity index is 2.40. The van der Waals surface area contributed by atoms with Crippen LogP contribution in [0.4, 0.5) is 5.69 Å². The van der Waals surface area contributed by atoms with Crippen LogP contribution in [-0.4, -0.2) is 25.8 Å². The van der Waals surface area contributed by atoms with Gasteiger partial charge in [0.2, 0.25) is 0 Å². The lowest BCUT2D eigenvalue weighted by atomic mass is 10.3. The molecule has 2 nitrogen and oxygen atoms in total.